The zero-order chi connectivity index (χ0) is 15.5. The topological polar surface area (TPSA) is 77.5 Å². The third-order valence-corrected chi connectivity index (χ3v) is 4.70. The molecule has 1 aromatic heterocycles. The molecule has 0 spiro atoms. The highest BCUT2D eigenvalue weighted by atomic mass is 32.2. The summed E-state index contributed by atoms with van der Waals surface area (Å²) in [5, 5.41) is 1.74. The number of carbonyl (C=O) groups is 2. The fourth-order valence-electron chi connectivity index (χ4n) is 1.68. The lowest BCUT2D eigenvalue weighted by Gasteiger charge is -2.07. The number of ketones is 1. The predicted molar refractivity (Wildman–Crippen MR) is 78.5 cm³/mol. The average Bonchev–Trinajstić information content (AvgIpc) is 2.97. The van der Waals surface area contributed by atoms with E-state index in [-0.39, 0.29) is 16.2 Å². The van der Waals surface area contributed by atoms with Crippen molar-refractivity contribution in [3.8, 4) is 0 Å². The van der Waals surface area contributed by atoms with Gasteiger partial charge < -0.3 is 4.74 Å². The van der Waals surface area contributed by atoms with Gasteiger partial charge in [0.2, 0.25) is 5.78 Å². The summed E-state index contributed by atoms with van der Waals surface area (Å²) in [7, 11) is -3.54. The molecule has 2 aromatic rings. The lowest BCUT2D eigenvalue weighted by molar-refractivity contribution is 0.0472. The van der Waals surface area contributed by atoms with E-state index in [1.165, 1.54) is 35.6 Å². The van der Waals surface area contributed by atoms with Crippen LogP contribution in [-0.2, 0) is 14.6 Å². The summed E-state index contributed by atoms with van der Waals surface area (Å²) < 4.78 is 28.1. The first kappa shape index (κ1) is 15.4. The summed E-state index contributed by atoms with van der Waals surface area (Å²) in [6.45, 7) is -0.419. The number of hydrogen-bond donors (Lipinski definition) is 0. The molecule has 0 radical (unpaired) electrons. The molecule has 0 aliphatic carbocycles. The van der Waals surface area contributed by atoms with Gasteiger partial charge in [0.1, 0.15) is 0 Å². The fourth-order valence-corrected chi connectivity index (χ4v) is 3.20. The number of benzene rings is 1. The SMILES string of the molecule is CS(=O)(=O)c1ccccc1C(=O)OCC(=O)c1cccs1. The third-order valence-electron chi connectivity index (χ3n) is 2.64. The van der Waals surface area contributed by atoms with E-state index in [1.54, 1.807) is 17.5 Å². The fraction of sp³-hybridized carbons (Fsp3) is 0.143. The van der Waals surface area contributed by atoms with Crippen molar-refractivity contribution in [2.24, 2.45) is 0 Å². The molecule has 0 bridgehead atoms. The molecule has 0 amide bonds. The van der Waals surface area contributed by atoms with Gasteiger partial charge in [-0.05, 0) is 23.6 Å². The minimum Gasteiger partial charge on any atom is -0.454 e. The van der Waals surface area contributed by atoms with E-state index < -0.39 is 22.4 Å². The largest absolute Gasteiger partial charge is 0.454 e. The Kier molecular flexibility index (Phi) is 4.54. The molecule has 0 fully saturated rings. The molecule has 7 heteroatoms. The van der Waals surface area contributed by atoms with Crippen molar-refractivity contribution in [1.29, 1.82) is 0 Å². The number of ether oxygens (including phenoxy) is 1. The lowest BCUT2D eigenvalue weighted by atomic mass is 10.2. The van der Waals surface area contributed by atoms with Gasteiger partial charge in [-0.25, -0.2) is 13.2 Å². The first-order valence-electron chi connectivity index (χ1n) is 5.92. The van der Waals surface area contributed by atoms with E-state index >= 15 is 0 Å². The summed E-state index contributed by atoms with van der Waals surface area (Å²) in [4.78, 5) is 24.1. The van der Waals surface area contributed by atoms with E-state index in [0.717, 1.165) is 6.26 Å². The molecule has 0 aliphatic rings. The Morgan fingerprint density at radius 1 is 1.14 bits per heavy atom. The van der Waals surface area contributed by atoms with Crippen LogP contribution in [0.5, 0.6) is 0 Å². The summed E-state index contributed by atoms with van der Waals surface area (Å²) in [6.07, 6.45) is 1.01. The first-order valence-corrected chi connectivity index (χ1v) is 8.69. The standard InChI is InChI=1S/C14H12O5S2/c1-21(17,18)13-7-3-2-5-10(13)14(16)19-9-11(15)12-6-4-8-20-12/h2-8H,9H2,1H3. The molecule has 0 saturated carbocycles. The molecule has 5 nitrogen and oxygen atoms in total. The maximum atomic E-state index is 12.0. The Hall–Kier alpha value is -1.99. The van der Waals surface area contributed by atoms with Crippen molar-refractivity contribution < 1.29 is 22.7 Å². The van der Waals surface area contributed by atoms with Crippen LogP contribution in [0.1, 0.15) is 20.0 Å². The number of sulfone groups is 1. The van der Waals surface area contributed by atoms with Crippen molar-refractivity contribution in [2.75, 3.05) is 12.9 Å². The van der Waals surface area contributed by atoms with Gasteiger partial charge in [0.15, 0.2) is 16.4 Å². The van der Waals surface area contributed by atoms with Crippen LogP contribution in [0.25, 0.3) is 0 Å². The van der Waals surface area contributed by atoms with Gasteiger partial charge in [0.25, 0.3) is 0 Å². The first-order chi connectivity index (χ1) is 9.89. The van der Waals surface area contributed by atoms with Crippen LogP contribution in [0.15, 0.2) is 46.7 Å². The van der Waals surface area contributed by atoms with Gasteiger partial charge in [-0.2, -0.15) is 0 Å². The van der Waals surface area contributed by atoms with Crippen LogP contribution < -0.4 is 0 Å². The highest BCUT2D eigenvalue weighted by Crippen LogP contribution is 2.17. The molecule has 0 aliphatic heterocycles. The Labute approximate surface area is 126 Å². The number of esters is 1. The average molecular weight is 324 g/mol. The smallest absolute Gasteiger partial charge is 0.339 e. The van der Waals surface area contributed by atoms with E-state index in [9.17, 15) is 18.0 Å². The Morgan fingerprint density at radius 2 is 1.86 bits per heavy atom. The number of rotatable bonds is 5. The predicted octanol–water partition coefficient (Wildman–Crippen LogP) is 2.19. The molecule has 0 atom stereocenters. The van der Waals surface area contributed by atoms with Crippen LogP contribution in [-0.4, -0.2) is 33.0 Å². The van der Waals surface area contributed by atoms with Crippen molar-refractivity contribution in [3.63, 3.8) is 0 Å². The van der Waals surface area contributed by atoms with Crippen LogP contribution in [0.2, 0.25) is 0 Å². The number of Topliss-reactive ketones (excluding diaryl/α,β-unsaturated/α-hetero) is 1. The molecular weight excluding hydrogens is 312 g/mol. The highest BCUT2D eigenvalue weighted by Gasteiger charge is 2.20. The maximum Gasteiger partial charge on any atom is 0.339 e. The molecule has 1 heterocycles. The van der Waals surface area contributed by atoms with E-state index in [0.29, 0.717) is 4.88 Å². The second kappa shape index (κ2) is 6.19. The van der Waals surface area contributed by atoms with Gasteiger partial charge in [0, 0.05) is 6.26 Å². The summed E-state index contributed by atoms with van der Waals surface area (Å²) >= 11 is 1.25. The molecule has 0 saturated heterocycles. The molecular formula is C14H12O5S2. The zero-order valence-corrected chi connectivity index (χ0v) is 12.7. The monoisotopic (exact) mass is 324 g/mol. The van der Waals surface area contributed by atoms with Gasteiger partial charge in [-0.1, -0.05) is 18.2 Å². The van der Waals surface area contributed by atoms with Gasteiger partial charge in [-0.15, -0.1) is 11.3 Å². The number of thiophene rings is 1. The minimum atomic E-state index is -3.54. The Morgan fingerprint density at radius 3 is 2.48 bits per heavy atom. The molecule has 2 rings (SSSR count). The van der Waals surface area contributed by atoms with Gasteiger partial charge in [0.05, 0.1) is 15.3 Å². The normalized spacial score (nSPS) is 11.1. The molecule has 110 valence electrons. The summed E-state index contributed by atoms with van der Waals surface area (Å²) in [5.74, 6) is -1.16. The second-order valence-corrected chi connectivity index (χ2v) is 7.18. The summed E-state index contributed by atoms with van der Waals surface area (Å²) in [5.41, 5.74) is -0.0704. The minimum absolute atomic E-state index is 0.0704. The molecule has 1 aromatic carbocycles. The Balaban J connectivity index is 2.13. The third kappa shape index (κ3) is 3.77. The maximum absolute atomic E-state index is 12.0. The van der Waals surface area contributed by atoms with Crippen molar-refractivity contribution in [3.05, 3.63) is 52.2 Å². The lowest BCUT2D eigenvalue weighted by Crippen LogP contribution is -2.16. The Bertz CT molecular complexity index is 760. The van der Waals surface area contributed by atoms with Gasteiger partial charge in [-0.3, -0.25) is 4.79 Å². The second-order valence-electron chi connectivity index (χ2n) is 4.24. The molecule has 0 unspecified atom stereocenters. The van der Waals surface area contributed by atoms with E-state index in [2.05, 4.69) is 0 Å². The van der Waals surface area contributed by atoms with Crippen molar-refractivity contribution in [2.45, 2.75) is 4.90 Å². The van der Waals surface area contributed by atoms with E-state index in [1.807, 2.05) is 0 Å². The number of hydrogen-bond acceptors (Lipinski definition) is 6. The van der Waals surface area contributed by atoms with E-state index in [4.69, 9.17) is 4.74 Å². The zero-order valence-electron chi connectivity index (χ0n) is 11.1. The van der Waals surface area contributed by atoms with Crippen LogP contribution in [0, 0.1) is 0 Å². The van der Waals surface area contributed by atoms with Crippen LogP contribution >= 0.6 is 11.3 Å². The molecule has 0 N–H and O–H groups in total. The van der Waals surface area contributed by atoms with Crippen LogP contribution in [0.3, 0.4) is 0 Å². The number of carbonyl (C=O) groups excluding carboxylic acids is 2. The van der Waals surface area contributed by atoms with Gasteiger partial charge >= 0.3 is 5.97 Å². The van der Waals surface area contributed by atoms with Crippen LogP contribution in [0.4, 0.5) is 0 Å². The highest BCUT2D eigenvalue weighted by molar-refractivity contribution is 7.90. The van der Waals surface area contributed by atoms with Crippen molar-refractivity contribution in [1.82, 2.24) is 0 Å². The molecule has 21 heavy (non-hydrogen) atoms. The van der Waals surface area contributed by atoms with Crippen molar-refractivity contribution >= 4 is 32.9 Å². The quantitative estimate of drug-likeness (QED) is 0.622. The summed E-state index contributed by atoms with van der Waals surface area (Å²) in [6, 6.07) is 9.08.